The predicted molar refractivity (Wildman–Crippen MR) is 161 cm³/mol. The van der Waals surface area contributed by atoms with Crippen molar-refractivity contribution < 1.29 is 14.6 Å². The molecule has 0 bridgehead atoms. The minimum Gasteiger partial charge on any atom is -0.504 e. The average molecular weight is 526 g/mol. The second-order valence-electron chi connectivity index (χ2n) is 10.7. The van der Waals surface area contributed by atoms with Crippen LogP contribution in [0.4, 0.5) is 0 Å². The highest BCUT2D eigenvalue weighted by atomic mass is 16.5. The summed E-state index contributed by atoms with van der Waals surface area (Å²) in [5.74, 6) is 0.694. The van der Waals surface area contributed by atoms with Crippen LogP contribution in [0.1, 0.15) is 112 Å². The molecule has 0 radical (unpaired) electrons. The zero-order chi connectivity index (χ0) is 27.8. The summed E-state index contributed by atoms with van der Waals surface area (Å²) in [4.78, 5) is 13.5. The number of rotatable bonds is 19. The second-order valence-corrected chi connectivity index (χ2v) is 10.7. The highest BCUT2D eigenvalue weighted by Gasteiger charge is 2.18. The van der Waals surface area contributed by atoms with Gasteiger partial charge >= 0.3 is 0 Å². The van der Waals surface area contributed by atoms with E-state index >= 15 is 0 Å². The van der Waals surface area contributed by atoms with Crippen molar-refractivity contribution >= 4 is 10.9 Å². The molecule has 0 fully saturated rings. The standard InChI is InChI=1S/C33H51NO4/c1-6-8-10-12-13-14-22-34-30-25-28(37-24-21-27(5)18-16-17-26(3)4)19-20-29(30)31(35)32(33(34)36)38-23-15-11-9-7-2/h17,19-21,25,35H,6-16,18,22-24H2,1-5H3/b27-21+. The lowest BCUT2D eigenvalue weighted by Gasteiger charge is -2.17. The fourth-order valence-corrected chi connectivity index (χ4v) is 4.56. The summed E-state index contributed by atoms with van der Waals surface area (Å²) in [6, 6.07) is 5.58. The first-order valence-electron chi connectivity index (χ1n) is 14.8. The average Bonchev–Trinajstić information content (AvgIpc) is 2.89. The highest BCUT2D eigenvalue weighted by Crippen LogP contribution is 2.34. The molecule has 1 aromatic heterocycles. The van der Waals surface area contributed by atoms with Crippen molar-refractivity contribution in [2.75, 3.05) is 13.2 Å². The first kappa shape index (κ1) is 31.5. The molecule has 212 valence electrons. The van der Waals surface area contributed by atoms with E-state index in [1.54, 1.807) is 4.57 Å². The second kappa shape index (κ2) is 17.8. The van der Waals surface area contributed by atoms with Gasteiger partial charge in [0, 0.05) is 18.0 Å². The van der Waals surface area contributed by atoms with Crippen LogP contribution in [0.15, 0.2) is 46.3 Å². The Hall–Kier alpha value is -2.69. The summed E-state index contributed by atoms with van der Waals surface area (Å²) < 4.78 is 13.7. The monoisotopic (exact) mass is 525 g/mol. The van der Waals surface area contributed by atoms with Crippen LogP contribution in [0.5, 0.6) is 17.2 Å². The Labute approximate surface area is 230 Å². The number of fused-ring (bicyclic) bond motifs is 1. The number of aromatic nitrogens is 1. The number of pyridine rings is 1. The summed E-state index contributed by atoms with van der Waals surface area (Å²) in [5, 5.41) is 11.6. The quantitative estimate of drug-likeness (QED) is 0.147. The van der Waals surface area contributed by atoms with Crippen LogP contribution in [0.25, 0.3) is 10.9 Å². The minimum atomic E-state index is -0.258. The van der Waals surface area contributed by atoms with Gasteiger partial charge in [0.15, 0.2) is 5.75 Å². The Morgan fingerprint density at radius 2 is 1.58 bits per heavy atom. The van der Waals surface area contributed by atoms with Crippen molar-refractivity contribution in [1.82, 2.24) is 4.57 Å². The van der Waals surface area contributed by atoms with Gasteiger partial charge in [-0.3, -0.25) is 4.79 Å². The maximum Gasteiger partial charge on any atom is 0.297 e. The van der Waals surface area contributed by atoms with E-state index in [4.69, 9.17) is 9.47 Å². The van der Waals surface area contributed by atoms with Crippen LogP contribution in [0.2, 0.25) is 0 Å². The molecule has 0 atom stereocenters. The van der Waals surface area contributed by atoms with Crippen molar-refractivity contribution in [2.45, 2.75) is 118 Å². The number of ether oxygens (including phenoxy) is 2. The normalized spacial score (nSPS) is 11.7. The molecule has 2 aromatic rings. The Kier molecular flexibility index (Phi) is 14.7. The van der Waals surface area contributed by atoms with Crippen LogP contribution < -0.4 is 15.0 Å². The summed E-state index contributed by atoms with van der Waals surface area (Å²) >= 11 is 0. The maximum absolute atomic E-state index is 13.5. The van der Waals surface area contributed by atoms with Gasteiger partial charge < -0.3 is 19.1 Å². The van der Waals surface area contributed by atoms with Gasteiger partial charge in [0.05, 0.1) is 12.1 Å². The molecule has 5 nitrogen and oxygen atoms in total. The topological polar surface area (TPSA) is 60.7 Å². The summed E-state index contributed by atoms with van der Waals surface area (Å²) in [7, 11) is 0. The lowest BCUT2D eigenvalue weighted by molar-refractivity contribution is 0.284. The van der Waals surface area contributed by atoms with Crippen LogP contribution in [0, 0.1) is 0 Å². The molecular formula is C33H51NO4. The van der Waals surface area contributed by atoms with Gasteiger partial charge in [0.25, 0.3) is 5.56 Å². The molecule has 5 heteroatoms. The van der Waals surface area contributed by atoms with E-state index in [0.29, 0.717) is 36.4 Å². The van der Waals surface area contributed by atoms with Crippen LogP contribution >= 0.6 is 0 Å². The third kappa shape index (κ3) is 10.6. The molecule has 0 unspecified atom stereocenters. The minimum absolute atomic E-state index is 0.0683. The van der Waals surface area contributed by atoms with E-state index in [9.17, 15) is 9.90 Å². The van der Waals surface area contributed by atoms with Gasteiger partial charge in [-0.25, -0.2) is 0 Å². The summed E-state index contributed by atoms with van der Waals surface area (Å²) in [6.07, 6.45) is 17.5. The first-order chi connectivity index (χ1) is 18.4. The van der Waals surface area contributed by atoms with Gasteiger partial charge in [-0.1, -0.05) is 82.4 Å². The van der Waals surface area contributed by atoms with E-state index in [-0.39, 0.29) is 17.1 Å². The first-order valence-corrected chi connectivity index (χ1v) is 14.8. The molecule has 0 saturated heterocycles. The Morgan fingerprint density at radius 1 is 0.895 bits per heavy atom. The van der Waals surface area contributed by atoms with E-state index < -0.39 is 0 Å². The zero-order valence-corrected chi connectivity index (χ0v) is 24.6. The van der Waals surface area contributed by atoms with Gasteiger partial charge in [0.1, 0.15) is 12.4 Å². The lowest BCUT2D eigenvalue weighted by Crippen LogP contribution is -2.23. The lowest BCUT2D eigenvalue weighted by atomic mass is 10.1. The SMILES string of the molecule is CCCCCCCCn1c(=O)c(OCCCCCC)c(O)c2ccc(OC/C=C(\C)CCC=C(C)C)cc21. The number of benzene rings is 1. The molecule has 0 spiro atoms. The van der Waals surface area contributed by atoms with Gasteiger partial charge in [-0.15, -0.1) is 0 Å². The molecule has 0 saturated carbocycles. The van der Waals surface area contributed by atoms with Crippen molar-refractivity contribution in [3.8, 4) is 17.2 Å². The molecule has 0 aliphatic rings. The number of nitrogens with zero attached hydrogens (tertiary/aromatic N) is 1. The molecule has 1 N–H and O–H groups in total. The molecule has 0 amide bonds. The molecule has 2 rings (SSSR count). The van der Waals surface area contributed by atoms with Crippen LogP contribution in [-0.2, 0) is 6.54 Å². The third-order valence-corrected chi connectivity index (χ3v) is 6.92. The predicted octanol–water partition coefficient (Wildman–Crippen LogP) is 9.10. The molecule has 0 aliphatic carbocycles. The smallest absolute Gasteiger partial charge is 0.297 e. The number of hydrogen-bond acceptors (Lipinski definition) is 4. The summed E-state index contributed by atoms with van der Waals surface area (Å²) in [6.45, 7) is 12.3. The highest BCUT2D eigenvalue weighted by molar-refractivity contribution is 5.88. The van der Waals surface area contributed by atoms with Gasteiger partial charge in [-0.05, 0) is 64.7 Å². The molecule has 1 heterocycles. The van der Waals surface area contributed by atoms with E-state index in [1.807, 2.05) is 18.2 Å². The zero-order valence-electron chi connectivity index (χ0n) is 24.6. The molecule has 38 heavy (non-hydrogen) atoms. The van der Waals surface area contributed by atoms with Crippen LogP contribution in [0.3, 0.4) is 0 Å². The number of aryl methyl sites for hydroxylation is 1. The van der Waals surface area contributed by atoms with Crippen molar-refractivity contribution in [1.29, 1.82) is 0 Å². The fourth-order valence-electron chi connectivity index (χ4n) is 4.56. The number of hydrogen-bond donors (Lipinski definition) is 1. The summed E-state index contributed by atoms with van der Waals surface area (Å²) in [5.41, 5.74) is 3.07. The number of aromatic hydroxyl groups is 1. The Balaban J connectivity index is 2.23. The van der Waals surface area contributed by atoms with Crippen molar-refractivity contribution in [3.63, 3.8) is 0 Å². The van der Waals surface area contributed by atoms with Crippen molar-refractivity contribution in [2.24, 2.45) is 0 Å². The Morgan fingerprint density at radius 3 is 2.29 bits per heavy atom. The molecule has 1 aromatic carbocycles. The fraction of sp³-hybridized carbons (Fsp3) is 0.606. The number of allylic oxidation sites excluding steroid dienone is 3. The van der Waals surface area contributed by atoms with Gasteiger partial charge in [0.2, 0.25) is 5.75 Å². The maximum atomic E-state index is 13.5. The van der Waals surface area contributed by atoms with Crippen LogP contribution in [-0.4, -0.2) is 22.9 Å². The van der Waals surface area contributed by atoms with E-state index in [0.717, 1.165) is 51.4 Å². The van der Waals surface area contributed by atoms with E-state index in [2.05, 4.69) is 46.8 Å². The largest absolute Gasteiger partial charge is 0.504 e. The Bertz CT molecular complexity index is 1090. The number of unbranched alkanes of at least 4 members (excludes halogenated alkanes) is 8. The third-order valence-electron chi connectivity index (χ3n) is 6.92. The van der Waals surface area contributed by atoms with Gasteiger partial charge in [-0.2, -0.15) is 0 Å². The van der Waals surface area contributed by atoms with E-state index in [1.165, 1.54) is 36.8 Å². The molecule has 0 aliphatic heterocycles. The van der Waals surface area contributed by atoms with Crippen molar-refractivity contribution in [3.05, 3.63) is 51.9 Å². The molecular weight excluding hydrogens is 474 g/mol.